The van der Waals surface area contributed by atoms with E-state index in [1.54, 1.807) is 23.9 Å². The number of amides is 1. The maximum Gasteiger partial charge on any atom is 0.258 e. The number of aromatic nitrogens is 1. The van der Waals surface area contributed by atoms with Crippen LogP contribution in [0.1, 0.15) is 15.9 Å². The highest BCUT2D eigenvalue weighted by molar-refractivity contribution is 8.14. The maximum absolute atomic E-state index is 13.1. The molecule has 27 heavy (non-hydrogen) atoms. The van der Waals surface area contributed by atoms with Crippen LogP contribution >= 0.6 is 35.0 Å². The Balaban J connectivity index is 1.91. The SMILES string of the molecule is Cc1c(-c2ccc(Cl)cc2Cl)nc2ccccc2c1C(=O)NC1=NCCS1. The van der Waals surface area contributed by atoms with Gasteiger partial charge in [0.25, 0.3) is 5.91 Å². The highest BCUT2D eigenvalue weighted by atomic mass is 35.5. The lowest BCUT2D eigenvalue weighted by molar-refractivity contribution is 0.0979. The Bertz CT molecular complexity index is 1100. The van der Waals surface area contributed by atoms with Gasteiger partial charge in [0.1, 0.15) is 0 Å². The number of thioether (sulfide) groups is 1. The Labute approximate surface area is 171 Å². The zero-order chi connectivity index (χ0) is 19.0. The first-order valence-corrected chi connectivity index (χ1v) is 10.1. The molecule has 0 atom stereocenters. The number of hydrogen-bond donors (Lipinski definition) is 1. The van der Waals surface area contributed by atoms with Crippen LogP contribution < -0.4 is 5.32 Å². The first-order valence-electron chi connectivity index (χ1n) is 8.38. The van der Waals surface area contributed by atoms with Gasteiger partial charge >= 0.3 is 0 Å². The summed E-state index contributed by atoms with van der Waals surface area (Å²) in [5.74, 6) is 0.697. The summed E-state index contributed by atoms with van der Waals surface area (Å²) in [5, 5.41) is 5.43. The molecule has 0 bridgehead atoms. The van der Waals surface area contributed by atoms with Crippen molar-refractivity contribution < 1.29 is 4.79 Å². The van der Waals surface area contributed by atoms with Crippen LogP contribution in [0.4, 0.5) is 0 Å². The molecular formula is C20H15Cl2N3OS. The summed E-state index contributed by atoms with van der Waals surface area (Å²) in [6.07, 6.45) is 0. The second kappa shape index (κ2) is 7.50. The number of carbonyl (C=O) groups excluding carboxylic acids is 1. The van der Waals surface area contributed by atoms with E-state index in [1.165, 1.54) is 0 Å². The number of para-hydroxylation sites is 1. The van der Waals surface area contributed by atoms with Gasteiger partial charge in [-0.15, -0.1) is 0 Å². The fraction of sp³-hybridized carbons (Fsp3) is 0.150. The summed E-state index contributed by atoms with van der Waals surface area (Å²) in [6.45, 7) is 2.61. The lowest BCUT2D eigenvalue weighted by Crippen LogP contribution is -2.28. The van der Waals surface area contributed by atoms with Gasteiger partial charge in [-0.3, -0.25) is 9.79 Å². The Morgan fingerprint density at radius 1 is 1.19 bits per heavy atom. The van der Waals surface area contributed by atoms with Crippen molar-refractivity contribution in [3.63, 3.8) is 0 Å². The van der Waals surface area contributed by atoms with Crippen molar-refractivity contribution >= 4 is 56.9 Å². The van der Waals surface area contributed by atoms with E-state index in [2.05, 4.69) is 10.3 Å². The second-order valence-electron chi connectivity index (χ2n) is 6.09. The Morgan fingerprint density at radius 2 is 2.00 bits per heavy atom. The van der Waals surface area contributed by atoms with Gasteiger partial charge in [-0.1, -0.05) is 53.2 Å². The monoisotopic (exact) mass is 415 g/mol. The van der Waals surface area contributed by atoms with E-state index < -0.39 is 0 Å². The molecule has 2 aromatic carbocycles. The number of aliphatic imine (C=N–C) groups is 1. The minimum absolute atomic E-state index is 0.189. The number of rotatable bonds is 2. The molecule has 3 aromatic rings. The molecule has 1 amide bonds. The van der Waals surface area contributed by atoms with Gasteiger partial charge in [0.2, 0.25) is 0 Å². The highest BCUT2D eigenvalue weighted by Crippen LogP contribution is 2.35. The summed E-state index contributed by atoms with van der Waals surface area (Å²) in [5.41, 5.74) is 3.48. The third kappa shape index (κ3) is 3.55. The molecule has 0 unspecified atom stereocenters. The van der Waals surface area contributed by atoms with E-state index in [4.69, 9.17) is 28.2 Å². The van der Waals surface area contributed by atoms with E-state index in [-0.39, 0.29) is 5.91 Å². The molecule has 7 heteroatoms. The average Bonchev–Trinajstić information content (AvgIpc) is 3.14. The van der Waals surface area contributed by atoms with Crippen LogP contribution in [-0.2, 0) is 0 Å². The smallest absolute Gasteiger partial charge is 0.258 e. The quantitative estimate of drug-likeness (QED) is 0.613. The van der Waals surface area contributed by atoms with Crippen molar-refractivity contribution in [2.75, 3.05) is 12.3 Å². The van der Waals surface area contributed by atoms with Crippen LogP contribution in [0.5, 0.6) is 0 Å². The summed E-state index contributed by atoms with van der Waals surface area (Å²) in [6, 6.07) is 12.9. The molecule has 1 aliphatic heterocycles. The number of halogens is 2. The molecule has 0 spiro atoms. The predicted molar refractivity (Wildman–Crippen MR) is 114 cm³/mol. The number of pyridine rings is 1. The molecule has 136 valence electrons. The van der Waals surface area contributed by atoms with Gasteiger partial charge < -0.3 is 5.32 Å². The van der Waals surface area contributed by atoms with Gasteiger partial charge in [-0.05, 0) is 36.8 Å². The van der Waals surface area contributed by atoms with Crippen molar-refractivity contribution in [1.82, 2.24) is 10.3 Å². The lowest BCUT2D eigenvalue weighted by atomic mass is 9.97. The Kier molecular flexibility index (Phi) is 5.08. The van der Waals surface area contributed by atoms with Crippen LogP contribution in [0.2, 0.25) is 10.0 Å². The molecule has 1 aromatic heterocycles. The first kappa shape index (κ1) is 18.3. The molecule has 0 saturated carbocycles. The molecule has 2 heterocycles. The normalized spacial score (nSPS) is 13.7. The number of carbonyl (C=O) groups is 1. The van der Waals surface area contributed by atoms with Gasteiger partial charge in [-0.25, -0.2) is 4.98 Å². The predicted octanol–water partition coefficient (Wildman–Crippen LogP) is 5.35. The van der Waals surface area contributed by atoms with Gasteiger partial charge in [-0.2, -0.15) is 0 Å². The van der Waals surface area contributed by atoms with E-state index in [9.17, 15) is 4.79 Å². The van der Waals surface area contributed by atoms with Crippen molar-refractivity contribution in [2.45, 2.75) is 6.92 Å². The van der Waals surface area contributed by atoms with Gasteiger partial charge in [0, 0.05) is 21.7 Å². The zero-order valence-electron chi connectivity index (χ0n) is 14.4. The fourth-order valence-electron chi connectivity index (χ4n) is 3.11. The number of nitrogens with zero attached hydrogens (tertiary/aromatic N) is 2. The van der Waals surface area contributed by atoms with E-state index >= 15 is 0 Å². The van der Waals surface area contributed by atoms with Crippen LogP contribution in [0, 0.1) is 6.92 Å². The highest BCUT2D eigenvalue weighted by Gasteiger charge is 2.21. The van der Waals surface area contributed by atoms with Crippen molar-refractivity contribution in [1.29, 1.82) is 0 Å². The number of amidine groups is 1. The van der Waals surface area contributed by atoms with Gasteiger partial charge in [0.05, 0.1) is 28.3 Å². The molecule has 0 saturated heterocycles. The maximum atomic E-state index is 13.1. The van der Waals surface area contributed by atoms with Crippen LogP contribution in [0.25, 0.3) is 22.2 Å². The van der Waals surface area contributed by atoms with E-state index in [0.717, 1.165) is 34.3 Å². The van der Waals surface area contributed by atoms with E-state index in [1.807, 2.05) is 37.3 Å². The third-order valence-electron chi connectivity index (χ3n) is 4.36. The van der Waals surface area contributed by atoms with Crippen LogP contribution in [0.15, 0.2) is 47.5 Å². The molecule has 4 nitrogen and oxygen atoms in total. The zero-order valence-corrected chi connectivity index (χ0v) is 16.8. The van der Waals surface area contributed by atoms with Crippen molar-refractivity contribution in [3.05, 3.63) is 63.6 Å². The fourth-order valence-corrected chi connectivity index (χ4v) is 4.34. The topological polar surface area (TPSA) is 54.4 Å². The lowest BCUT2D eigenvalue weighted by Gasteiger charge is -2.15. The number of fused-ring (bicyclic) bond motifs is 1. The van der Waals surface area contributed by atoms with Gasteiger partial charge in [0.15, 0.2) is 5.17 Å². The largest absolute Gasteiger partial charge is 0.301 e. The minimum Gasteiger partial charge on any atom is -0.301 e. The minimum atomic E-state index is -0.189. The molecule has 0 radical (unpaired) electrons. The number of nitrogens with one attached hydrogen (secondary N) is 1. The summed E-state index contributed by atoms with van der Waals surface area (Å²) < 4.78 is 0. The molecule has 4 rings (SSSR count). The summed E-state index contributed by atoms with van der Waals surface area (Å²) >= 11 is 14.0. The second-order valence-corrected chi connectivity index (χ2v) is 8.02. The van der Waals surface area contributed by atoms with Crippen LogP contribution in [-0.4, -0.2) is 28.4 Å². The number of hydrogen-bond acceptors (Lipinski definition) is 4. The Morgan fingerprint density at radius 3 is 2.74 bits per heavy atom. The average molecular weight is 416 g/mol. The van der Waals surface area contributed by atoms with Crippen molar-refractivity contribution in [3.8, 4) is 11.3 Å². The Hall–Kier alpha value is -2.08. The molecule has 0 fully saturated rings. The molecule has 1 aliphatic rings. The molecule has 1 N–H and O–H groups in total. The third-order valence-corrected chi connectivity index (χ3v) is 5.79. The van der Waals surface area contributed by atoms with Crippen LogP contribution in [0.3, 0.4) is 0 Å². The molecule has 0 aliphatic carbocycles. The standard InChI is InChI=1S/C20H15Cl2N3OS/c1-11-17(19(26)25-20-23-8-9-27-20)14-4-2-3-5-16(14)24-18(11)13-7-6-12(21)10-15(13)22/h2-7,10H,8-9H2,1H3,(H,23,25,26). The first-order chi connectivity index (χ1) is 13.0. The number of benzene rings is 2. The molecular weight excluding hydrogens is 401 g/mol. The van der Waals surface area contributed by atoms with E-state index in [0.29, 0.717) is 26.5 Å². The van der Waals surface area contributed by atoms with Crippen molar-refractivity contribution in [2.24, 2.45) is 4.99 Å². The summed E-state index contributed by atoms with van der Waals surface area (Å²) in [4.78, 5) is 22.1. The summed E-state index contributed by atoms with van der Waals surface area (Å²) in [7, 11) is 0.